The van der Waals surface area contributed by atoms with E-state index < -0.39 is 0 Å². The van der Waals surface area contributed by atoms with Gasteiger partial charge in [-0.05, 0) is 18.2 Å². The average molecular weight is 340 g/mol. The number of aliphatic hydroxyl groups is 1. The lowest BCUT2D eigenvalue weighted by molar-refractivity contribution is 0.166. The van der Waals surface area contributed by atoms with Gasteiger partial charge in [0.2, 0.25) is 11.7 Å². The highest BCUT2D eigenvalue weighted by molar-refractivity contribution is 5.51. The maximum Gasteiger partial charge on any atom is 0.241 e. The van der Waals surface area contributed by atoms with Crippen molar-refractivity contribution in [3.8, 4) is 17.1 Å². The first-order chi connectivity index (χ1) is 12.3. The molecule has 7 nitrogen and oxygen atoms in total. The fraction of sp³-hybridized carbons (Fsp3) is 0.278. The third-order valence-electron chi connectivity index (χ3n) is 3.75. The smallest absolute Gasteiger partial charge is 0.241 e. The zero-order valence-electron chi connectivity index (χ0n) is 14.0. The standard InChI is InChI=1S/C18H20N4O3/c1-24-16-7-3-2-5-15(16)12-22(9-10-23)13-17-20-18(21-25-17)14-6-4-8-19-11-14/h2-8,11,23H,9-10,12-13H2,1H3. The van der Waals surface area contributed by atoms with Crippen LogP contribution >= 0.6 is 0 Å². The van der Waals surface area contributed by atoms with Gasteiger partial charge in [0.05, 0.1) is 20.3 Å². The lowest BCUT2D eigenvalue weighted by atomic mass is 10.2. The van der Waals surface area contributed by atoms with Crippen molar-refractivity contribution in [3.63, 3.8) is 0 Å². The molecule has 2 heterocycles. The minimum absolute atomic E-state index is 0.0404. The molecule has 0 aliphatic carbocycles. The predicted molar refractivity (Wildman–Crippen MR) is 91.7 cm³/mol. The van der Waals surface area contributed by atoms with Gasteiger partial charge in [-0.1, -0.05) is 23.4 Å². The lowest BCUT2D eigenvalue weighted by Crippen LogP contribution is -2.26. The van der Waals surface area contributed by atoms with Crippen LogP contribution in [0.1, 0.15) is 11.5 Å². The minimum Gasteiger partial charge on any atom is -0.496 e. The van der Waals surface area contributed by atoms with Gasteiger partial charge in [0.15, 0.2) is 0 Å². The van der Waals surface area contributed by atoms with Crippen molar-refractivity contribution in [2.75, 3.05) is 20.3 Å². The van der Waals surface area contributed by atoms with E-state index in [0.29, 0.717) is 31.3 Å². The fourth-order valence-corrected chi connectivity index (χ4v) is 2.55. The number of aliphatic hydroxyl groups excluding tert-OH is 1. The van der Waals surface area contributed by atoms with Crippen molar-refractivity contribution in [2.24, 2.45) is 0 Å². The van der Waals surface area contributed by atoms with Crippen molar-refractivity contribution in [2.45, 2.75) is 13.1 Å². The van der Waals surface area contributed by atoms with Gasteiger partial charge < -0.3 is 14.4 Å². The van der Waals surface area contributed by atoms with Crippen molar-refractivity contribution in [1.82, 2.24) is 20.0 Å². The second kappa shape index (κ2) is 8.36. The Morgan fingerprint density at radius 2 is 2.04 bits per heavy atom. The van der Waals surface area contributed by atoms with E-state index in [9.17, 15) is 5.11 Å². The van der Waals surface area contributed by atoms with Crippen LogP contribution in [0.15, 0.2) is 53.3 Å². The quantitative estimate of drug-likeness (QED) is 0.672. The molecule has 0 aliphatic heterocycles. The second-order valence-electron chi connectivity index (χ2n) is 5.50. The van der Waals surface area contributed by atoms with Crippen LogP contribution in [-0.4, -0.2) is 45.4 Å². The highest BCUT2D eigenvalue weighted by Crippen LogP contribution is 2.20. The Balaban J connectivity index is 1.73. The number of aromatic nitrogens is 3. The lowest BCUT2D eigenvalue weighted by Gasteiger charge is -2.20. The van der Waals surface area contributed by atoms with Gasteiger partial charge in [-0.25, -0.2) is 0 Å². The van der Waals surface area contributed by atoms with E-state index >= 15 is 0 Å². The number of benzene rings is 1. The number of methoxy groups -OCH3 is 1. The van der Waals surface area contributed by atoms with Crippen molar-refractivity contribution in [3.05, 3.63) is 60.2 Å². The van der Waals surface area contributed by atoms with Gasteiger partial charge in [-0.15, -0.1) is 0 Å². The molecule has 1 aromatic carbocycles. The second-order valence-corrected chi connectivity index (χ2v) is 5.50. The summed E-state index contributed by atoms with van der Waals surface area (Å²) in [5, 5.41) is 13.4. The maximum atomic E-state index is 9.35. The third-order valence-corrected chi connectivity index (χ3v) is 3.75. The number of rotatable bonds is 8. The molecule has 0 bridgehead atoms. The summed E-state index contributed by atoms with van der Waals surface area (Å²) in [5.74, 6) is 1.80. The fourth-order valence-electron chi connectivity index (χ4n) is 2.55. The summed E-state index contributed by atoms with van der Waals surface area (Å²) in [5.41, 5.74) is 1.83. The molecule has 0 unspecified atom stereocenters. The molecule has 130 valence electrons. The van der Waals surface area contributed by atoms with Crippen LogP contribution in [0.3, 0.4) is 0 Å². The van der Waals surface area contributed by atoms with Crippen molar-refractivity contribution in [1.29, 1.82) is 0 Å². The van der Waals surface area contributed by atoms with Crippen LogP contribution < -0.4 is 4.74 Å². The molecule has 0 spiro atoms. The Kier molecular flexibility index (Phi) is 5.71. The van der Waals surface area contributed by atoms with Gasteiger partial charge >= 0.3 is 0 Å². The summed E-state index contributed by atoms with van der Waals surface area (Å²) in [6.07, 6.45) is 3.38. The molecule has 25 heavy (non-hydrogen) atoms. The number of hydrogen-bond acceptors (Lipinski definition) is 7. The van der Waals surface area contributed by atoms with E-state index in [1.807, 2.05) is 41.3 Å². The highest BCUT2D eigenvalue weighted by Gasteiger charge is 2.15. The molecule has 3 rings (SSSR count). The molecular weight excluding hydrogens is 320 g/mol. The molecule has 0 amide bonds. The number of ether oxygens (including phenoxy) is 1. The topological polar surface area (TPSA) is 84.5 Å². The first kappa shape index (κ1) is 17.1. The SMILES string of the molecule is COc1ccccc1CN(CCO)Cc1nc(-c2cccnc2)no1. The summed E-state index contributed by atoms with van der Waals surface area (Å²) >= 11 is 0. The predicted octanol–water partition coefficient (Wildman–Crippen LogP) is 2.13. The molecule has 7 heteroatoms. The van der Waals surface area contributed by atoms with Crippen LogP contribution in [0.4, 0.5) is 0 Å². The Morgan fingerprint density at radius 3 is 2.80 bits per heavy atom. The van der Waals surface area contributed by atoms with Crippen molar-refractivity contribution >= 4 is 0 Å². The van der Waals surface area contributed by atoms with Gasteiger partial charge in [0.1, 0.15) is 5.75 Å². The van der Waals surface area contributed by atoms with Crippen LogP contribution in [-0.2, 0) is 13.1 Å². The van der Waals surface area contributed by atoms with E-state index in [4.69, 9.17) is 9.26 Å². The van der Waals surface area contributed by atoms with E-state index in [0.717, 1.165) is 16.9 Å². The van der Waals surface area contributed by atoms with Crippen LogP contribution in [0.2, 0.25) is 0 Å². The molecule has 2 aromatic heterocycles. The summed E-state index contributed by atoms with van der Waals surface area (Å²) in [6.45, 7) is 1.57. The van der Waals surface area contributed by atoms with Gasteiger partial charge in [-0.3, -0.25) is 9.88 Å². The first-order valence-corrected chi connectivity index (χ1v) is 7.98. The molecular formula is C18H20N4O3. The van der Waals surface area contributed by atoms with E-state index in [1.165, 1.54) is 0 Å². The monoisotopic (exact) mass is 340 g/mol. The first-order valence-electron chi connectivity index (χ1n) is 7.98. The van der Waals surface area contributed by atoms with E-state index in [-0.39, 0.29) is 6.61 Å². The molecule has 3 aromatic rings. The number of pyridine rings is 1. The molecule has 0 aliphatic rings. The minimum atomic E-state index is 0.0404. The average Bonchev–Trinajstić information content (AvgIpc) is 3.11. The van der Waals surface area contributed by atoms with Crippen molar-refractivity contribution < 1.29 is 14.4 Å². The van der Waals surface area contributed by atoms with Crippen LogP contribution in [0.25, 0.3) is 11.4 Å². The molecule has 1 N–H and O–H groups in total. The van der Waals surface area contributed by atoms with E-state index in [1.54, 1.807) is 19.5 Å². The summed E-state index contributed by atoms with van der Waals surface area (Å²) < 4.78 is 10.7. The zero-order valence-corrected chi connectivity index (χ0v) is 14.0. The Labute approximate surface area is 145 Å². The molecule has 0 saturated heterocycles. The molecule has 0 saturated carbocycles. The van der Waals surface area contributed by atoms with Gasteiger partial charge in [0.25, 0.3) is 0 Å². The Morgan fingerprint density at radius 1 is 1.16 bits per heavy atom. The summed E-state index contributed by atoms with van der Waals surface area (Å²) in [7, 11) is 1.65. The zero-order chi connectivity index (χ0) is 17.5. The number of hydrogen-bond donors (Lipinski definition) is 1. The van der Waals surface area contributed by atoms with Gasteiger partial charge in [-0.2, -0.15) is 4.98 Å². The third kappa shape index (κ3) is 4.40. The maximum absolute atomic E-state index is 9.35. The summed E-state index contributed by atoms with van der Waals surface area (Å²) in [6, 6.07) is 11.5. The molecule has 0 atom stereocenters. The normalized spacial score (nSPS) is 11.0. The summed E-state index contributed by atoms with van der Waals surface area (Å²) in [4.78, 5) is 10.5. The van der Waals surface area contributed by atoms with Crippen LogP contribution in [0, 0.1) is 0 Å². The highest BCUT2D eigenvalue weighted by atomic mass is 16.5. The Bertz CT molecular complexity index is 792. The number of para-hydroxylation sites is 1. The Hall–Kier alpha value is -2.77. The molecule has 0 fully saturated rings. The largest absolute Gasteiger partial charge is 0.496 e. The van der Waals surface area contributed by atoms with Crippen LogP contribution in [0.5, 0.6) is 5.75 Å². The van der Waals surface area contributed by atoms with Gasteiger partial charge in [0, 0.05) is 36.6 Å². The van der Waals surface area contributed by atoms with E-state index in [2.05, 4.69) is 15.1 Å². The number of nitrogens with zero attached hydrogens (tertiary/aromatic N) is 4. The molecule has 0 radical (unpaired) electrons.